The third kappa shape index (κ3) is 8.21. The van der Waals surface area contributed by atoms with Gasteiger partial charge in [0.25, 0.3) is 5.91 Å². The number of hydrogen-bond donors (Lipinski definition) is 0. The maximum atomic E-state index is 13.9. The Morgan fingerprint density at radius 1 is 0.950 bits per heavy atom. The van der Waals surface area contributed by atoms with Gasteiger partial charge in [-0.1, -0.05) is 56.9 Å². The number of rotatable bonds is 7. The molecule has 2 atom stereocenters. The van der Waals surface area contributed by atoms with Crippen LogP contribution >= 0.6 is 0 Å². The summed E-state index contributed by atoms with van der Waals surface area (Å²) in [6.45, 7) is 4.60. The van der Waals surface area contributed by atoms with Gasteiger partial charge in [-0.25, -0.2) is 4.39 Å². The van der Waals surface area contributed by atoms with Gasteiger partial charge in [0, 0.05) is 26.1 Å². The third-order valence-electron chi connectivity index (χ3n) is 8.02. The zero-order valence-corrected chi connectivity index (χ0v) is 24.0. The predicted octanol–water partition coefficient (Wildman–Crippen LogP) is 7.02. The molecule has 0 saturated heterocycles. The quantitative estimate of drug-likeness (QED) is 0.347. The highest BCUT2D eigenvalue weighted by Crippen LogP contribution is 2.31. The van der Waals surface area contributed by atoms with Gasteiger partial charge in [0.2, 0.25) is 5.91 Å². The van der Waals surface area contributed by atoms with E-state index >= 15 is 0 Å². The van der Waals surface area contributed by atoms with Gasteiger partial charge in [0.1, 0.15) is 11.9 Å². The minimum atomic E-state index is -0.391. The average Bonchev–Trinajstić information content (AvgIpc) is 2.97. The van der Waals surface area contributed by atoms with Crippen LogP contribution in [0.2, 0.25) is 0 Å². The van der Waals surface area contributed by atoms with Crippen molar-refractivity contribution in [3.63, 3.8) is 0 Å². The molecule has 0 aromatic heterocycles. The smallest absolute Gasteiger partial charge is 0.257 e. The van der Waals surface area contributed by atoms with Crippen LogP contribution in [0.1, 0.15) is 94.3 Å². The van der Waals surface area contributed by atoms with Gasteiger partial charge in [-0.2, -0.15) is 0 Å². The molecule has 7 heteroatoms. The highest BCUT2D eigenvalue weighted by molar-refractivity contribution is 5.97. The number of hydrogen-bond acceptors (Lipinski definition) is 4. The van der Waals surface area contributed by atoms with E-state index in [4.69, 9.17) is 9.47 Å². The van der Waals surface area contributed by atoms with E-state index in [1.807, 2.05) is 34.1 Å². The molecule has 1 heterocycles. The van der Waals surface area contributed by atoms with E-state index in [1.165, 1.54) is 6.07 Å². The molecule has 0 radical (unpaired) electrons. The van der Waals surface area contributed by atoms with Crippen LogP contribution in [0.25, 0.3) is 0 Å². The average molecular weight is 553 g/mol. The molecule has 2 aromatic rings. The maximum absolute atomic E-state index is 13.9. The molecule has 1 saturated carbocycles. The lowest BCUT2D eigenvalue weighted by Gasteiger charge is -2.40. The molecule has 1 aliphatic carbocycles. The van der Waals surface area contributed by atoms with Crippen LogP contribution in [0, 0.1) is 5.82 Å². The van der Waals surface area contributed by atoms with Crippen LogP contribution < -0.4 is 9.47 Å². The van der Waals surface area contributed by atoms with Crippen LogP contribution in [-0.2, 0) is 4.79 Å². The van der Waals surface area contributed by atoms with Gasteiger partial charge in [0.05, 0.1) is 18.2 Å². The number of benzene rings is 2. The predicted molar refractivity (Wildman–Crippen MR) is 155 cm³/mol. The van der Waals surface area contributed by atoms with Crippen molar-refractivity contribution < 1.29 is 23.5 Å². The topological polar surface area (TPSA) is 59.1 Å². The van der Waals surface area contributed by atoms with Gasteiger partial charge in [-0.3, -0.25) is 9.59 Å². The summed E-state index contributed by atoms with van der Waals surface area (Å²) in [7, 11) is 0. The Labute approximate surface area is 238 Å². The van der Waals surface area contributed by atoms with E-state index < -0.39 is 5.82 Å². The van der Waals surface area contributed by atoms with Crippen molar-refractivity contribution in [1.82, 2.24) is 9.80 Å². The lowest BCUT2D eigenvalue weighted by Crippen LogP contribution is -2.51. The van der Waals surface area contributed by atoms with Crippen LogP contribution in [0.3, 0.4) is 0 Å². The molecule has 2 aliphatic rings. The van der Waals surface area contributed by atoms with Gasteiger partial charge in [0.15, 0.2) is 11.6 Å². The zero-order valence-electron chi connectivity index (χ0n) is 24.0. The Morgan fingerprint density at radius 3 is 2.50 bits per heavy atom. The standard InChI is InChI=1S/C33H45FN2O4/c1-2-22-35-23-12-4-3-5-13-24-36(32(37)21-14-25-39-30-19-10-7-16-27(30)34)28-17-8-11-20-31(28)40-29-18-9-6-15-26(29)33(35)38/h6-7,9-10,15-16,18-19,28,31H,2-5,8,11-14,17,20-25H2,1H3/t28-,31+/m1/s1. The van der Waals surface area contributed by atoms with E-state index in [-0.39, 0.29) is 36.3 Å². The summed E-state index contributed by atoms with van der Waals surface area (Å²) in [4.78, 5) is 31.2. The van der Waals surface area contributed by atoms with Crippen LogP contribution in [0.4, 0.5) is 4.39 Å². The molecule has 2 amide bonds. The highest BCUT2D eigenvalue weighted by Gasteiger charge is 2.35. The van der Waals surface area contributed by atoms with Crippen LogP contribution in [0.5, 0.6) is 11.5 Å². The molecule has 1 fully saturated rings. The van der Waals surface area contributed by atoms with E-state index in [1.54, 1.807) is 18.2 Å². The Bertz CT molecular complexity index is 1090. The van der Waals surface area contributed by atoms with E-state index in [9.17, 15) is 14.0 Å². The van der Waals surface area contributed by atoms with Crippen LogP contribution in [0.15, 0.2) is 48.5 Å². The number of halogens is 1. The fraction of sp³-hybridized carbons (Fsp3) is 0.576. The number of carbonyl (C=O) groups excluding carboxylic acids is 2. The lowest BCUT2D eigenvalue weighted by atomic mass is 9.90. The largest absolute Gasteiger partial charge is 0.491 e. The van der Waals surface area contributed by atoms with Gasteiger partial charge in [-0.05, 0) is 69.2 Å². The molecule has 2 aromatic carbocycles. The molecule has 1 aliphatic heterocycles. The van der Waals surface area contributed by atoms with Gasteiger partial charge in [-0.15, -0.1) is 0 Å². The monoisotopic (exact) mass is 552 g/mol. The van der Waals surface area contributed by atoms with Crippen molar-refractivity contribution in [2.75, 3.05) is 26.2 Å². The minimum Gasteiger partial charge on any atom is -0.491 e. The summed E-state index contributed by atoms with van der Waals surface area (Å²) < 4.78 is 26.1. The first-order valence-corrected chi connectivity index (χ1v) is 15.3. The van der Waals surface area contributed by atoms with Gasteiger partial charge >= 0.3 is 0 Å². The highest BCUT2D eigenvalue weighted by atomic mass is 19.1. The maximum Gasteiger partial charge on any atom is 0.257 e. The summed E-state index contributed by atoms with van der Waals surface area (Å²) in [5.41, 5.74) is 0.610. The van der Waals surface area contributed by atoms with E-state index in [0.717, 1.165) is 77.3 Å². The first-order valence-electron chi connectivity index (χ1n) is 15.3. The molecular weight excluding hydrogens is 507 g/mol. The van der Waals surface area contributed by atoms with Crippen molar-refractivity contribution in [1.29, 1.82) is 0 Å². The first-order chi connectivity index (χ1) is 19.6. The second-order valence-electron chi connectivity index (χ2n) is 11.0. The number of carbonyl (C=O) groups is 2. The summed E-state index contributed by atoms with van der Waals surface area (Å²) in [5, 5.41) is 0. The molecule has 40 heavy (non-hydrogen) atoms. The fourth-order valence-corrected chi connectivity index (χ4v) is 5.94. The Morgan fingerprint density at radius 2 is 1.68 bits per heavy atom. The third-order valence-corrected chi connectivity index (χ3v) is 8.02. The van der Waals surface area contributed by atoms with Crippen molar-refractivity contribution in [2.24, 2.45) is 0 Å². The minimum absolute atomic E-state index is 0.0301. The molecular formula is C33H45FN2O4. The van der Waals surface area contributed by atoms with Crippen molar-refractivity contribution >= 4 is 11.8 Å². The summed E-state index contributed by atoms with van der Waals surface area (Å²) in [6, 6.07) is 13.9. The number of ether oxygens (including phenoxy) is 2. The first kappa shape index (κ1) is 29.9. The molecule has 0 unspecified atom stereocenters. The Balaban J connectivity index is 1.50. The van der Waals surface area contributed by atoms with Crippen molar-refractivity contribution in [3.8, 4) is 11.5 Å². The SMILES string of the molecule is CCCN1CCCCCCCN(C(=O)CCCOc2ccccc2F)[C@@H]2CCCC[C@@H]2Oc2ccccc2C1=O. The second-order valence-corrected chi connectivity index (χ2v) is 11.0. The summed E-state index contributed by atoms with van der Waals surface area (Å²) in [5.74, 6) is 0.572. The van der Waals surface area contributed by atoms with E-state index in [0.29, 0.717) is 30.7 Å². The second kappa shape index (κ2) is 15.6. The number of para-hydroxylation sites is 2. The zero-order chi connectivity index (χ0) is 28.2. The number of amides is 2. The summed E-state index contributed by atoms with van der Waals surface area (Å²) >= 11 is 0. The number of fused-ring (bicyclic) bond motifs is 2. The molecule has 4 rings (SSSR count). The van der Waals surface area contributed by atoms with Crippen molar-refractivity contribution in [2.45, 2.75) is 96.1 Å². The lowest BCUT2D eigenvalue weighted by molar-refractivity contribution is -0.137. The van der Waals surface area contributed by atoms with Gasteiger partial charge < -0.3 is 19.3 Å². The molecule has 0 spiro atoms. The van der Waals surface area contributed by atoms with Crippen molar-refractivity contribution in [3.05, 3.63) is 59.9 Å². The number of nitrogens with zero attached hydrogens (tertiary/aromatic N) is 2. The molecule has 218 valence electrons. The van der Waals surface area contributed by atoms with E-state index in [2.05, 4.69) is 6.92 Å². The normalized spacial score (nSPS) is 20.9. The summed E-state index contributed by atoms with van der Waals surface area (Å²) in [6.07, 6.45) is 10.6. The fourth-order valence-electron chi connectivity index (χ4n) is 5.94. The molecule has 0 bridgehead atoms. The molecule has 6 nitrogen and oxygen atoms in total. The Hall–Kier alpha value is -3.09. The van der Waals surface area contributed by atoms with Crippen LogP contribution in [-0.4, -0.2) is 60.0 Å². The molecule has 0 N–H and O–H groups in total. The Kier molecular flexibility index (Phi) is 11.7.